The van der Waals surface area contributed by atoms with Gasteiger partial charge in [0.15, 0.2) is 11.5 Å². The van der Waals surface area contributed by atoms with Crippen LogP contribution in [0.5, 0.6) is 11.5 Å². The minimum absolute atomic E-state index is 0.202. The highest BCUT2D eigenvalue weighted by molar-refractivity contribution is 7.80. The van der Waals surface area contributed by atoms with E-state index in [1.165, 1.54) is 0 Å². The van der Waals surface area contributed by atoms with Crippen LogP contribution in [0.3, 0.4) is 0 Å². The fraction of sp³-hybridized carbons (Fsp3) is 0.300. The fourth-order valence-electron chi connectivity index (χ4n) is 1.37. The molecule has 0 spiro atoms. The molecule has 1 aliphatic heterocycles. The van der Waals surface area contributed by atoms with Crippen molar-refractivity contribution in [3.05, 3.63) is 18.2 Å². The standard InChI is InChI=1S/C10H11NO4S/c12-10(13)7(4-16)11-6-1-2-8-9(3-6)15-5-14-8/h1-3,7,11,16H,4-5H2,(H,12,13)/t7-/m1/s1. The average molecular weight is 241 g/mol. The lowest BCUT2D eigenvalue weighted by atomic mass is 10.2. The summed E-state index contributed by atoms with van der Waals surface area (Å²) in [6.07, 6.45) is 0. The number of carbonyl (C=O) groups is 1. The van der Waals surface area contributed by atoms with Gasteiger partial charge in [0.2, 0.25) is 6.79 Å². The lowest BCUT2D eigenvalue weighted by Gasteiger charge is -2.13. The van der Waals surface area contributed by atoms with Gasteiger partial charge in [0.1, 0.15) is 6.04 Å². The molecule has 0 aliphatic carbocycles. The van der Waals surface area contributed by atoms with Crippen LogP contribution in [-0.4, -0.2) is 29.7 Å². The van der Waals surface area contributed by atoms with Crippen LogP contribution in [0.1, 0.15) is 0 Å². The number of benzene rings is 1. The van der Waals surface area contributed by atoms with Crippen LogP contribution >= 0.6 is 12.6 Å². The highest BCUT2D eigenvalue weighted by Gasteiger charge is 2.17. The van der Waals surface area contributed by atoms with Crippen LogP contribution in [0, 0.1) is 0 Å². The topological polar surface area (TPSA) is 67.8 Å². The van der Waals surface area contributed by atoms with Gasteiger partial charge in [-0.3, -0.25) is 0 Å². The van der Waals surface area contributed by atoms with Crippen LogP contribution in [-0.2, 0) is 4.79 Å². The van der Waals surface area contributed by atoms with Gasteiger partial charge in [0.25, 0.3) is 0 Å². The molecule has 0 bridgehead atoms. The maximum absolute atomic E-state index is 10.8. The molecule has 1 atom stereocenters. The maximum atomic E-state index is 10.8. The number of thiol groups is 1. The van der Waals surface area contributed by atoms with Gasteiger partial charge in [0.05, 0.1) is 0 Å². The second-order valence-electron chi connectivity index (χ2n) is 3.29. The number of fused-ring (bicyclic) bond motifs is 1. The van der Waals surface area contributed by atoms with E-state index in [1.807, 2.05) is 0 Å². The number of hydrogen-bond acceptors (Lipinski definition) is 5. The predicted octanol–water partition coefficient (Wildman–Crippen LogP) is 1.21. The highest BCUT2D eigenvalue weighted by atomic mass is 32.1. The molecule has 16 heavy (non-hydrogen) atoms. The molecule has 1 aromatic carbocycles. The second kappa shape index (κ2) is 4.52. The van der Waals surface area contributed by atoms with Crippen molar-refractivity contribution < 1.29 is 19.4 Å². The summed E-state index contributed by atoms with van der Waals surface area (Å²) in [6.45, 7) is 0.202. The molecule has 1 heterocycles. The Bertz CT molecular complexity index is 410. The summed E-state index contributed by atoms with van der Waals surface area (Å²) in [6, 6.07) is 4.47. The average Bonchev–Trinajstić information content (AvgIpc) is 2.72. The van der Waals surface area contributed by atoms with E-state index in [4.69, 9.17) is 14.6 Å². The molecule has 0 amide bonds. The van der Waals surface area contributed by atoms with Crippen molar-refractivity contribution in [3.8, 4) is 11.5 Å². The summed E-state index contributed by atoms with van der Waals surface area (Å²) in [4.78, 5) is 10.8. The Balaban J connectivity index is 2.13. The first-order valence-electron chi connectivity index (χ1n) is 4.70. The zero-order chi connectivity index (χ0) is 11.5. The molecule has 0 fully saturated rings. The number of anilines is 1. The second-order valence-corrected chi connectivity index (χ2v) is 3.65. The highest BCUT2D eigenvalue weighted by Crippen LogP contribution is 2.34. The van der Waals surface area contributed by atoms with Gasteiger partial charge in [-0.1, -0.05) is 0 Å². The SMILES string of the molecule is O=C(O)[C@@H](CS)Nc1ccc2c(c1)OCO2. The van der Waals surface area contributed by atoms with E-state index in [9.17, 15) is 4.79 Å². The zero-order valence-electron chi connectivity index (χ0n) is 8.34. The van der Waals surface area contributed by atoms with Crippen molar-refractivity contribution in [2.24, 2.45) is 0 Å². The Morgan fingerprint density at radius 1 is 1.50 bits per heavy atom. The van der Waals surface area contributed by atoms with Crippen molar-refractivity contribution >= 4 is 24.3 Å². The number of hydrogen-bond donors (Lipinski definition) is 3. The third kappa shape index (κ3) is 2.16. The molecule has 0 radical (unpaired) electrons. The molecule has 0 saturated carbocycles. The Morgan fingerprint density at radius 3 is 2.94 bits per heavy atom. The third-order valence-electron chi connectivity index (χ3n) is 2.19. The molecular weight excluding hydrogens is 230 g/mol. The number of rotatable bonds is 4. The molecular formula is C10H11NO4S. The predicted molar refractivity (Wildman–Crippen MR) is 61.5 cm³/mol. The summed E-state index contributed by atoms with van der Waals surface area (Å²) < 4.78 is 10.3. The van der Waals surface area contributed by atoms with E-state index in [0.717, 1.165) is 0 Å². The number of aliphatic carboxylic acids is 1. The van der Waals surface area contributed by atoms with Crippen LogP contribution in [0.2, 0.25) is 0 Å². The van der Waals surface area contributed by atoms with E-state index in [0.29, 0.717) is 17.2 Å². The lowest BCUT2D eigenvalue weighted by molar-refractivity contribution is -0.137. The van der Waals surface area contributed by atoms with Gasteiger partial charge in [-0.05, 0) is 12.1 Å². The molecule has 86 valence electrons. The van der Waals surface area contributed by atoms with Crippen molar-refractivity contribution in [3.63, 3.8) is 0 Å². The monoisotopic (exact) mass is 241 g/mol. The number of nitrogens with one attached hydrogen (secondary N) is 1. The van der Waals surface area contributed by atoms with Gasteiger partial charge in [-0.15, -0.1) is 0 Å². The van der Waals surface area contributed by atoms with Crippen molar-refractivity contribution in [2.75, 3.05) is 17.9 Å². The molecule has 0 unspecified atom stereocenters. The summed E-state index contributed by atoms with van der Waals surface area (Å²) in [5.41, 5.74) is 0.672. The van der Waals surface area contributed by atoms with Crippen molar-refractivity contribution in [1.82, 2.24) is 0 Å². The number of carboxylic acids is 1. The van der Waals surface area contributed by atoms with Gasteiger partial charge < -0.3 is 19.9 Å². The first kappa shape index (κ1) is 10.9. The fourth-order valence-corrected chi connectivity index (χ4v) is 1.62. The summed E-state index contributed by atoms with van der Waals surface area (Å²) >= 11 is 3.97. The molecule has 1 aliphatic rings. The van der Waals surface area contributed by atoms with Gasteiger partial charge >= 0.3 is 5.97 Å². The van der Waals surface area contributed by atoms with Crippen LogP contribution in [0.15, 0.2) is 18.2 Å². The van der Waals surface area contributed by atoms with Gasteiger partial charge in [0, 0.05) is 17.5 Å². The maximum Gasteiger partial charge on any atom is 0.326 e. The zero-order valence-corrected chi connectivity index (χ0v) is 9.24. The van der Waals surface area contributed by atoms with E-state index in [2.05, 4.69) is 17.9 Å². The molecule has 6 heteroatoms. The largest absolute Gasteiger partial charge is 0.480 e. The Hall–Kier alpha value is -1.56. The Morgan fingerprint density at radius 2 is 2.25 bits per heavy atom. The molecule has 1 aromatic rings. The van der Waals surface area contributed by atoms with Crippen LogP contribution < -0.4 is 14.8 Å². The molecule has 0 aromatic heterocycles. The smallest absolute Gasteiger partial charge is 0.326 e. The number of ether oxygens (including phenoxy) is 2. The molecule has 0 saturated heterocycles. The van der Waals surface area contributed by atoms with E-state index in [1.54, 1.807) is 18.2 Å². The van der Waals surface area contributed by atoms with Crippen molar-refractivity contribution in [1.29, 1.82) is 0 Å². The third-order valence-corrected chi connectivity index (χ3v) is 2.56. The summed E-state index contributed by atoms with van der Waals surface area (Å²) in [5, 5.41) is 11.7. The summed E-state index contributed by atoms with van der Waals surface area (Å²) in [5.74, 6) is 0.563. The van der Waals surface area contributed by atoms with Crippen LogP contribution in [0.4, 0.5) is 5.69 Å². The molecule has 2 rings (SSSR count). The lowest BCUT2D eigenvalue weighted by Crippen LogP contribution is -2.30. The normalized spacial score (nSPS) is 14.6. The quantitative estimate of drug-likeness (QED) is 0.691. The minimum atomic E-state index is -0.937. The number of carboxylic acid groups (broad SMARTS) is 1. The minimum Gasteiger partial charge on any atom is -0.480 e. The van der Waals surface area contributed by atoms with Crippen LogP contribution in [0.25, 0.3) is 0 Å². The summed E-state index contributed by atoms with van der Waals surface area (Å²) in [7, 11) is 0. The van der Waals surface area contributed by atoms with E-state index >= 15 is 0 Å². The Labute approximate surface area is 97.8 Å². The first-order chi connectivity index (χ1) is 7.70. The van der Waals surface area contributed by atoms with Gasteiger partial charge in [-0.2, -0.15) is 12.6 Å². The van der Waals surface area contributed by atoms with E-state index in [-0.39, 0.29) is 12.5 Å². The van der Waals surface area contributed by atoms with Crippen molar-refractivity contribution in [2.45, 2.75) is 6.04 Å². The molecule has 5 nitrogen and oxygen atoms in total. The first-order valence-corrected chi connectivity index (χ1v) is 5.34. The van der Waals surface area contributed by atoms with E-state index < -0.39 is 12.0 Å². The molecule has 2 N–H and O–H groups in total. The van der Waals surface area contributed by atoms with Gasteiger partial charge in [-0.25, -0.2) is 4.79 Å². The Kier molecular flexibility index (Phi) is 3.09.